The van der Waals surface area contributed by atoms with Crippen molar-refractivity contribution >= 4 is 31.3 Å². The van der Waals surface area contributed by atoms with Gasteiger partial charge in [0.15, 0.2) is 5.03 Å². The number of nitrogens with zero attached hydrogens (tertiary/aromatic N) is 2. The van der Waals surface area contributed by atoms with Gasteiger partial charge in [0.05, 0.1) is 11.9 Å². The van der Waals surface area contributed by atoms with Gasteiger partial charge in [0.2, 0.25) is 0 Å². The Bertz CT molecular complexity index is 665. The van der Waals surface area contributed by atoms with Crippen molar-refractivity contribution in [2.75, 3.05) is 0 Å². The summed E-state index contributed by atoms with van der Waals surface area (Å²) in [4.78, 5) is 0. The van der Waals surface area contributed by atoms with Crippen LogP contribution in [-0.2, 0) is 9.05 Å². The van der Waals surface area contributed by atoms with Crippen LogP contribution in [0.3, 0.4) is 0 Å². The summed E-state index contributed by atoms with van der Waals surface area (Å²) in [5, 5.41) is 4.37. The third-order valence-electron chi connectivity index (χ3n) is 2.26. The molecule has 7 heteroatoms. The molecule has 1 heterocycles. The lowest BCUT2D eigenvalue weighted by molar-refractivity contribution is 0.599. The van der Waals surface area contributed by atoms with Gasteiger partial charge in [-0.3, -0.25) is 0 Å². The Hall–Kier alpha value is -1.04. The van der Waals surface area contributed by atoms with Gasteiger partial charge in [-0.1, -0.05) is 17.7 Å². The number of hydrogen-bond donors (Lipinski definition) is 0. The molecule has 0 amide bonds. The lowest BCUT2D eigenvalue weighted by Crippen LogP contribution is -2.06. The molecule has 0 atom stereocenters. The Kier molecular flexibility index (Phi) is 3.16. The second kappa shape index (κ2) is 4.33. The fraction of sp³-hybridized carbons (Fsp3) is 0.100. The monoisotopic (exact) mass is 290 g/mol. The zero-order chi connectivity index (χ0) is 12.6. The Labute approximate surface area is 108 Å². The van der Waals surface area contributed by atoms with Gasteiger partial charge in [-0.15, -0.1) is 0 Å². The predicted octanol–water partition coefficient (Wildman–Crippen LogP) is 2.76. The van der Waals surface area contributed by atoms with Crippen LogP contribution in [0.25, 0.3) is 5.69 Å². The van der Waals surface area contributed by atoms with E-state index in [-0.39, 0.29) is 5.03 Å². The summed E-state index contributed by atoms with van der Waals surface area (Å²) >= 11 is 5.88. The van der Waals surface area contributed by atoms with Crippen LogP contribution in [0.1, 0.15) is 5.56 Å². The molecule has 0 aliphatic heterocycles. The quantitative estimate of drug-likeness (QED) is 0.799. The van der Waals surface area contributed by atoms with Crippen molar-refractivity contribution in [1.29, 1.82) is 0 Å². The second-order valence-electron chi connectivity index (χ2n) is 3.45. The number of aryl methyl sites for hydroxylation is 1. The standard InChI is InChI=1S/C10H8Cl2N2O2S/c1-7-2-3-8(11)6-9(7)14-10(4-5-13-14)17(12,15)16/h2-6H,1H3. The van der Waals surface area contributed by atoms with Crippen LogP contribution >= 0.6 is 22.3 Å². The predicted molar refractivity (Wildman–Crippen MR) is 66.3 cm³/mol. The smallest absolute Gasteiger partial charge is 0.221 e. The van der Waals surface area contributed by atoms with E-state index < -0.39 is 9.05 Å². The van der Waals surface area contributed by atoms with Crippen molar-refractivity contribution < 1.29 is 8.42 Å². The van der Waals surface area contributed by atoms with E-state index in [2.05, 4.69) is 5.10 Å². The zero-order valence-corrected chi connectivity index (χ0v) is 11.1. The van der Waals surface area contributed by atoms with E-state index in [1.165, 1.54) is 16.9 Å². The summed E-state index contributed by atoms with van der Waals surface area (Å²) in [6, 6.07) is 6.47. The molecule has 0 spiro atoms. The average molecular weight is 291 g/mol. The maximum atomic E-state index is 11.4. The van der Waals surface area contributed by atoms with Crippen molar-refractivity contribution in [3.63, 3.8) is 0 Å². The molecule has 0 aliphatic carbocycles. The van der Waals surface area contributed by atoms with E-state index in [0.29, 0.717) is 10.7 Å². The van der Waals surface area contributed by atoms with Crippen molar-refractivity contribution in [3.05, 3.63) is 41.0 Å². The molecule has 0 radical (unpaired) electrons. The third-order valence-corrected chi connectivity index (χ3v) is 3.78. The normalized spacial score (nSPS) is 11.7. The summed E-state index contributed by atoms with van der Waals surface area (Å²) in [6.45, 7) is 1.83. The summed E-state index contributed by atoms with van der Waals surface area (Å²) in [7, 11) is 1.49. The Morgan fingerprint density at radius 1 is 1.29 bits per heavy atom. The minimum absolute atomic E-state index is 0.0791. The van der Waals surface area contributed by atoms with E-state index in [1.54, 1.807) is 18.2 Å². The molecule has 0 N–H and O–H groups in total. The van der Waals surface area contributed by atoms with E-state index in [9.17, 15) is 8.42 Å². The topological polar surface area (TPSA) is 52.0 Å². The first-order valence-electron chi connectivity index (χ1n) is 4.65. The van der Waals surface area contributed by atoms with Crippen LogP contribution in [0.4, 0.5) is 0 Å². The maximum Gasteiger partial charge on any atom is 0.278 e. The van der Waals surface area contributed by atoms with Gasteiger partial charge in [-0.2, -0.15) is 5.10 Å². The molecule has 17 heavy (non-hydrogen) atoms. The van der Waals surface area contributed by atoms with Crippen LogP contribution in [0.15, 0.2) is 35.5 Å². The number of benzene rings is 1. The summed E-state index contributed by atoms with van der Waals surface area (Å²) in [6.07, 6.45) is 1.37. The van der Waals surface area contributed by atoms with Crippen molar-refractivity contribution in [2.45, 2.75) is 11.9 Å². The number of hydrogen-bond acceptors (Lipinski definition) is 3. The highest BCUT2D eigenvalue weighted by atomic mass is 35.7. The Balaban J connectivity index is 2.70. The number of halogens is 2. The summed E-state index contributed by atoms with van der Waals surface area (Å²) in [5.41, 5.74) is 1.43. The molecule has 2 rings (SSSR count). The molecule has 0 saturated heterocycles. The molecule has 0 aliphatic rings. The molecule has 1 aromatic heterocycles. The van der Waals surface area contributed by atoms with Crippen LogP contribution in [-0.4, -0.2) is 18.2 Å². The van der Waals surface area contributed by atoms with Gasteiger partial charge in [0.1, 0.15) is 0 Å². The van der Waals surface area contributed by atoms with Gasteiger partial charge in [0, 0.05) is 15.7 Å². The van der Waals surface area contributed by atoms with Gasteiger partial charge in [-0.25, -0.2) is 13.1 Å². The molecule has 0 unspecified atom stereocenters. The Morgan fingerprint density at radius 3 is 2.65 bits per heavy atom. The zero-order valence-electron chi connectivity index (χ0n) is 8.76. The highest BCUT2D eigenvalue weighted by Crippen LogP contribution is 2.23. The van der Waals surface area contributed by atoms with Crippen LogP contribution in [0.2, 0.25) is 5.02 Å². The Morgan fingerprint density at radius 2 is 2.00 bits per heavy atom. The van der Waals surface area contributed by atoms with E-state index in [0.717, 1.165) is 5.56 Å². The van der Waals surface area contributed by atoms with Gasteiger partial charge < -0.3 is 0 Å². The highest BCUT2D eigenvalue weighted by Gasteiger charge is 2.18. The van der Waals surface area contributed by atoms with Crippen LogP contribution in [0.5, 0.6) is 0 Å². The van der Waals surface area contributed by atoms with Gasteiger partial charge in [0.25, 0.3) is 9.05 Å². The molecule has 1 aromatic carbocycles. The number of aromatic nitrogens is 2. The first kappa shape index (κ1) is 12.4. The van der Waals surface area contributed by atoms with Crippen LogP contribution in [0, 0.1) is 6.92 Å². The van der Waals surface area contributed by atoms with Crippen molar-refractivity contribution in [3.8, 4) is 5.69 Å². The SMILES string of the molecule is Cc1ccc(Cl)cc1-n1nccc1S(=O)(=O)Cl. The van der Waals surface area contributed by atoms with Crippen molar-refractivity contribution in [1.82, 2.24) is 9.78 Å². The minimum Gasteiger partial charge on any atom is -0.221 e. The van der Waals surface area contributed by atoms with Crippen LogP contribution < -0.4 is 0 Å². The highest BCUT2D eigenvalue weighted by molar-refractivity contribution is 8.13. The molecular formula is C10H8Cl2N2O2S. The number of rotatable bonds is 2. The first-order chi connectivity index (χ1) is 7.89. The molecule has 0 saturated carbocycles. The molecule has 0 fully saturated rings. The largest absolute Gasteiger partial charge is 0.278 e. The second-order valence-corrected chi connectivity index (χ2v) is 6.40. The average Bonchev–Trinajstić information content (AvgIpc) is 2.69. The van der Waals surface area contributed by atoms with E-state index in [1.807, 2.05) is 6.92 Å². The molecule has 4 nitrogen and oxygen atoms in total. The maximum absolute atomic E-state index is 11.4. The molecular weight excluding hydrogens is 283 g/mol. The molecule has 2 aromatic rings. The lowest BCUT2D eigenvalue weighted by Gasteiger charge is -2.08. The minimum atomic E-state index is -3.84. The van der Waals surface area contributed by atoms with Crippen molar-refractivity contribution in [2.24, 2.45) is 0 Å². The first-order valence-corrected chi connectivity index (χ1v) is 7.33. The fourth-order valence-electron chi connectivity index (χ4n) is 1.47. The molecule has 90 valence electrons. The van der Waals surface area contributed by atoms with E-state index in [4.69, 9.17) is 22.3 Å². The van der Waals surface area contributed by atoms with Gasteiger partial charge in [-0.05, 0) is 30.7 Å². The fourth-order valence-corrected chi connectivity index (χ4v) is 2.56. The summed E-state index contributed by atoms with van der Waals surface area (Å²) in [5.74, 6) is 0. The van der Waals surface area contributed by atoms with E-state index >= 15 is 0 Å². The van der Waals surface area contributed by atoms with Gasteiger partial charge >= 0.3 is 0 Å². The lowest BCUT2D eigenvalue weighted by atomic mass is 10.2. The summed E-state index contributed by atoms with van der Waals surface area (Å²) < 4.78 is 24.0. The third kappa shape index (κ3) is 2.46. The molecule has 0 bridgehead atoms.